The van der Waals surface area contributed by atoms with Gasteiger partial charge in [-0.25, -0.2) is 13.2 Å². The van der Waals surface area contributed by atoms with Crippen LogP contribution in [0.15, 0.2) is 56.7 Å². The van der Waals surface area contributed by atoms with Crippen LogP contribution in [-0.4, -0.2) is 42.8 Å². The van der Waals surface area contributed by atoms with Gasteiger partial charge in [-0.2, -0.15) is 0 Å². The van der Waals surface area contributed by atoms with Crippen molar-refractivity contribution in [3.05, 3.63) is 70.0 Å². The number of hydrogen-bond donors (Lipinski definition) is 1. The number of H-pyrrole nitrogens is 1. The molecule has 1 aromatic heterocycles. The van der Waals surface area contributed by atoms with E-state index in [-0.39, 0.29) is 17.9 Å². The van der Waals surface area contributed by atoms with Gasteiger partial charge in [0.1, 0.15) is 17.5 Å². The van der Waals surface area contributed by atoms with Crippen LogP contribution in [0.3, 0.4) is 0 Å². The van der Waals surface area contributed by atoms with Crippen molar-refractivity contribution < 1.29 is 27.2 Å². The number of sulfonamides is 1. The molecule has 0 amide bonds. The van der Waals surface area contributed by atoms with Crippen molar-refractivity contribution in [1.82, 2.24) is 10.1 Å². The fraction of sp³-hybridized carbons (Fsp3) is 0.444. The number of benzene rings is 2. The van der Waals surface area contributed by atoms with Crippen LogP contribution in [-0.2, 0) is 31.4 Å². The summed E-state index contributed by atoms with van der Waals surface area (Å²) in [5.74, 6) is -0.362. The third-order valence-electron chi connectivity index (χ3n) is 6.15. The molecule has 10 nitrogen and oxygen atoms in total. The lowest BCUT2D eigenvalue weighted by molar-refractivity contribution is -0.153. The number of ether oxygens (including phenoxy) is 2. The molecule has 0 saturated carbocycles. The molecule has 2 heterocycles. The summed E-state index contributed by atoms with van der Waals surface area (Å²) < 4.78 is 45.4. The number of aryl methyl sites for hydroxylation is 1. The van der Waals surface area contributed by atoms with Crippen LogP contribution < -0.4 is 14.8 Å². The van der Waals surface area contributed by atoms with Crippen LogP contribution in [0.25, 0.3) is 0 Å². The maximum Gasteiger partial charge on any atom is 0.438 e. The van der Waals surface area contributed by atoms with Gasteiger partial charge in [-0.1, -0.05) is 42.8 Å². The zero-order valence-corrected chi connectivity index (χ0v) is 23.2. The molecule has 0 aliphatic carbocycles. The van der Waals surface area contributed by atoms with Gasteiger partial charge >= 0.3 is 11.7 Å². The summed E-state index contributed by atoms with van der Waals surface area (Å²) in [7, 11) is -3.97. The van der Waals surface area contributed by atoms with Gasteiger partial charge in [0.25, 0.3) is 10.0 Å². The van der Waals surface area contributed by atoms with E-state index in [1.165, 1.54) is 4.31 Å². The summed E-state index contributed by atoms with van der Waals surface area (Å²) >= 11 is 0. The van der Waals surface area contributed by atoms with Crippen LogP contribution in [0.5, 0.6) is 5.75 Å². The first kappa shape index (κ1) is 27.4. The van der Waals surface area contributed by atoms with Gasteiger partial charge in [0.15, 0.2) is 5.82 Å². The van der Waals surface area contributed by atoms with E-state index in [0.717, 1.165) is 5.56 Å². The lowest BCUT2D eigenvalue weighted by Crippen LogP contribution is -2.45. The third kappa shape index (κ3) is 6.09. The molecule has 1 atom stereocenters. The highest BCUT2D eigenvalue weighted by molar-refractivity contribution is 7.92. The summed E-state index contributed by atoms with van der Waals surface area (Å²) in [5.41, 5.74) is 0.570. The first-order chi connectivity index (χ1) is 17.6. The first-order valence-corrected chi connectivity index (χ1v) is 13.8. The van der Waals surface area contributed by atoms with E-state index >= 15 is 0 Å². The van der Waals surface area contributed by atoms with Gasteiger partial charge < -0.3 is 9.47 Å². The predicted octanol–water partition coefficient (Wildman–Crippen LogP) is 3.88. The molecule has 3 aromatic rings. The molecule has 4 rings (SSSR count). The number of hydrogen-bond acceptors (Lipinski definition) is 8. The molecule has 2 aromatic carbocycles. The van der Waals surface area contributed by atoms with Gasteiger partial charge in [0.2, 0.25) is 0 Å². The Kier molecular flexibility index (Phi) is 7.17. The van der Waals surface area contributed by atoms with E-state index in [9.17, 15) is 18.0 Å². The standard InChI is InChI=1S/C27H33N3O7S/c1-17-7-10-20(11-8-17)38(33,34)30-16-19(15-27(5,6)24-28-25(32)37-29-24)35-22-12-9-18(13-21(22)30)14-23(31)36-26(2,3)4/h7-13,19H,14-16H2,1-6H3,(H,28,29,32). The van der Waals surface area contributed by atoms with Crippen molar-refractivity contribution in [1.29, 1.82) is 0 Å². The molecule has 1 N–H and O–H groups in total. The molecule has 11 heteroatoms. The summed E-state index contributed by atoms with van der Waals surface area (Å²) in [6.45, 7) is 11.0. The highest BCUT2D eigenvalue weighted by atomic mass is 32.2. The normalized spacial score (nSPS) is 16.1. The molecule has 0 saturated heterocycles. The van der Waals surface area contributed by atoms with Gasteiger partial charge in [-0.05, 0) is 63.9 Å². The van der Waals surface area contributed by atoms with E-state index < -0.39 is 38.9 Å². The SMILES string of the molecule is Cc1ccc(S(=O)(=O)N2CC(CC(C)(C)c3noc(=O)[nH]3)Oc3ccc(CC(=O)OC(C)(C)C)cc32)cc1. The molecule has 0 bridgehead atoms. The van der Waals surface area contributed by atoms with Gasteiger partial charge in [0.05, 0.1) is 23.5 Å². The van der Waals surface area contributed by atoms with Crippen molar-refractivity contribution in [3.8, 4) is 5.75 Å². The molecule has 1 unspecified atom stereocenters. The van der Waals surface area contributed by atoms with Gasteiger partial charge in [-0.3, -0.25) is 18.6 Å². The predicted molar refractivity (Wildman–Crippen MR) is 141 cm³/mol. The topological polar surface area (TPSA) is 132 Å². The van der Waals surface area contributed by atoms with Crippen molar-refractivity contribution in [2.75, 3.05) is 10.8 Å². The minimum Gasteiger partial charge on any atom is -0.486 e. The lowest BCUT2D eigenvalue weighted by Gasteiger charge is -2.38. The molecule has 0 fully saturated rings. The van der Waals surface area contributed by atoms with Crippen LogP contribution in [0.4, 0.5) is 5.69 Å². The van der Waals surface area contributed by atoms with E-state index in [1.54, 1.807) is 63.2 Å². The zero-order valence-electron chi connectivity index (χ0n) is 22.4. The largest absolute Gasteiger partial charge is 0.486 e. The van der Waals surface area contributed by atoms with E-state index in [0.29, 0.717) is 29.2 Å². The number of carbonyl (C=O) groups is 1. The van der Waals surface area contributed by atoms with Crippen LogP contribution in [0, 0.1) is 6.92 Å². The van der Waals surface area contributed by atoms with Crippen LogP contribution in [0.1, 0.15) is 58.0 Å². The first-order valence-electron chi connectivity index (χ1n) is 12.3. The Morgan fingerprint density at radius 1 is 1.13 bits per heavy atom. The average molecular weight is 544 g/mol. The Balaban J connectivity index is 1.70. The Morgan fingerprint density at radius 2 is 1.82 bits per heavy atom. The van der Waals surface area contributed by atoms with Gasteiger partial charge in [0, 0.05) is 5.41 Å². The molecular formula is C27H33N3O7S. The molecular weight excluding hydrogens is 510 g/mol. The number of anilines is 1. The maximum atomic E-state index is 13.9. The molecule has 204 valence electrons. The lowest BCUT2D eigenvalue weighted by atomic mass is 9.85. The zero-order chi connectivity index (χ0) is 27.9. The molecule has 1 aliphatic heterocycles. The fourth-order valence-corrected chi connectivity index (χ4v) is 5.87. The molecule has 0 radical (unpaired) electrons. The monoisotopic (exact) mass is 543 g/mol. The number of esters is 1. The summed E-state index contributed by atoms with van der Waals surface area (Å²) in [6, 6.07) is 11.7. The van der Waals surface area contributed by atoms with Crippen molar-refractivity contribution in [2.24, 2.45) is 0 Å². The average Bonchev–Trinajstić information content (AvgIpc) is 3.25. The number of aromatic amines is 1. The molecule has 1 aliphatic rings. The number of fused-ring (bicyclic) bond motifs is 1. The van der Waals surface area contributed by atoms with Crippen molar-refractivity contribution in [2.45, 2.75) is 76.4 Å². The summed E-state index contributed by atoms with van der Waals surface area (Å²) in [5, 5.41) is 3.81. The summed E-state index contributed by atoms with van der Waals surface area (Å²) in [6.07, 6.45) is -0.234. The minimum absolute atomic E-state index is 0.0149. The number of aromatic nitrogens is 2. The van der Waals surface area contributed by atoms with E-state index in [4.69, 9.17) is 9.47 Å². The van der Waals surface area contributed by atoms with Crippen molar-refractivity contribution >= 4 is 21.7 Å². The Bertz CT molecular complexity index is 1480. The van der Waals surface area contributed by atoms with Gasteiger partial charge in [-0.15, -0.1) is 0 Å². The molecule has 0 spiro atoms. The number of rotatable bonds is 7. The highest BCUT2D eigenvalue weighted by Gasteiger charge is 2.39. The van der Waals surface area contributed by atoms with E-state index in [2.05, 4.69) is 14.7 Å². The second kappa shape index (κ2) is 9.94. The smallest absolute Gasteiger partial charge is 0.438 e. The Labute approximate surface area is 222 Å². The molecule has 38 heavy (non-hydrogen) atoms. The van der Waals surface area contributed by atoms with E-state index in [1.807, 2.05) is 20.8 Å². The number of carbonyl (C=O) groups excluding carboxylic acids is 1. The highest BCUT2D eigenvalue weighted by Crippen LogP contribution is 2.40. The quantitative estimate of drug-likeness (QED) is 0.444. The van der Waals surface area contributed by atoms with Crippen LogP contribution in [0.2, 0.25) is 0 Å². The third-order valence-corrected chi connectivity index (χ3v) is 7.95. The minimum atomic E-state index is -3.97. The van der Waals surface area contributed by atoms with Crippen molar-refractivity contribution in [3.63, 3.8) is 0 Å². The maximum absolute atomic E-state index is 13.9. The fourth-order valence-electron chi connectivity index (χ4n) is 4.37. The Hall–Kier alpha value is -3.60. The summed E-state index contributed by atoms with van der Waals surface area (Å²) in [4.78, 5) is 26.7. The Morgan fingerprint density at radius 3 is 2.42 bits per heavy atom. The number of nitrogens with one attached hydrogen (secondary N) is 1. The second-order valence-corrected chi connectivity index (χ2v) is 13.0. The number of nitrogens with zero attached hydrogens (tertiary/aromatic N) is 2. The second-order valence-electron chi connectivity index (χ2n) is 11.2. The van der Waals surface area contributed by atoms with Crippen LogP contribution >= 0.6 is 0 Å².